The largest absolute Gasteiger partial charge is 0.356 e. The van der Waals surface area contributed by atoms with Crippen molar-refractivity contribution in [1.82, 2.24) is 9.97 Å². The number of anilines is 2. The van der Waals surface area contributed by atoms with Crippen molar-refractivity contribution >= 4 is 39.0 Å². The molecule has 1 saturated heterocycles. The Labute approximate surface area is 163 Å². The predicted octanol–water partition coefficient (Wildman–Crippen LogP) is 4.86. The van der Waals surface area contributed by atoms with E-state index in [1.807, 2.05) is 26.0 Å². The molecule has 1 amide bonds. The average molecular weight is 381 g/mol. The van der Waals surface area contributed by atoms with Crippen LogP contribution in [0.4, 0.5) is 11.5 Å². The van der Waals surface area contributed by atoms with Crippen molar-refractivity contribution in [2.45, 2.75) is 40.0 Å². The van der Waals surface area contributed by atoms with Gasteiger partial charge in [0.05, 0.1) is 10.9 Å². The summed E-state index contributed by atoms with van der Waals surface area (Å²) in [5, 5.41) is 4.00. The van der Waals surface area contributed by atoms with Crippen molar-refractivity contribution in [3.8, 4) is 0 Å². The number of hydrogen-bond acceptors (Lipinski definition) is 5. The lowest BCUT2D eigenvalue weighted by molar-refractivity contribution is 0.102. The third kappa shape index (κ3) is 3.30. The molecule has 3 aromatic rings. The highest BCUT2D eigenvalue weighted by atomic mass is 32.1. The molecule has 0 unspecified atom stereocenters. The first-order valence-electron chi connectivity index (χ1n) is 9.43. The lowest BCUT2D eigenvalue weighted by Gasteiger charge is -2.28. The molecule has 1 aromatic carbocycles. The molecule has 4 rings (SSSR count). The van der Waals surface area contributed by atoms with Gasteiger partial charge in [0.1, 0.15) is 17.0 Å². The Balaban J connectivity index is 1.77. The van der Waals surface area contributed by atoms with Gasteiger partial charge in [0.25, 0.3) is 5.91 Å². The molecule has 1 fully saturated rings. The zero-order valence-electron chi connectivity index (χ0n) is 16.0. The van der Waals surface area contributed by atoms with Crippen LogP contribution in [-0.2, 0) is 0 Å². The summed E-state index contributed by atoms with van der Waals surface area (Å²) in [4.78, 5) is 26.4. The van der Waals surface area contributed by atoms with Gasteiger partial charge in [-0.25, -0.2) is 9.97 Å². The van der Waals surface area contributed by atoms with Gasteiger partial charge in [-0.3, -0.25) is 4.79 Å². The number of nitrogens with zero attached hydrogens (tertiary/aromatic N) is 3. The van der Waals surface area contributed by atoms with Crippen LogP contribution >= 0.6 is 11.3 Å². The SMILES string of the molecule is Cc1cccc(NC(=O)c2c(C)sc3ncnc(N4CCCCC4)c23)c1C. The molecule has 5 nitrogen and oxygen atoms in total. The van der Waals surface area contributed by atoms with Crippen molar-refractivity contribution in [2.75, 3.05) is 23.3 Å². The molecular weight excluding hydrogens is 356 g/mol. The molecule has 3 heterocycles. The Morgan fingerprint density at radius 2 is 1.89 bits per heavy atom. The predicted molar refractivity (Wildman–Crippen MR) is 112 cm³/mol. The summed E-state index contributed by atoms with van der Waals surface area (Å²) in [5.74, 6) is 0.815. The first-order valence-corrected chi connectivity index (χ1v) is 10.2. The van der Waals surface area contributed by atoms with Gasteiger partial charge in [0, 0.05) is 23.7 Å². The number of carbonyl (C=O) groups is 1. The Morgan fingerprint density at radius 3 is 2.67 bits per heavy atom. The van der Waals surface area contributed by atoms with Crippen LogP contribution in [0.2, 0.25) is 0 Å². The van der Waals surface area contributed by atoms with Crippen LogP contribution in [0, 0.1) is 20.8 Å². The smallest absolute Gasteiger partial charge is 0.257 e. The van der Waals surface area contributed by atoms with Gasteiger partial charge in [0.2, 0.25) is 0 Å². The van der Waals surface area contributed by atoms with E-state index in [2.05, 4.69) is 33.2 Å². The monoisotopic (exact) mass is 380 g/mol. The highest BCUT2D eigenvalue weighted by molar-refractivity contribution is 7.19. The normalized spacial score (nSPS) is 14.6. The van der Waals surface area contributed by atoms with Crippen LogP contribution in [0.5, 0.6) is 0 Å². The minimum atomic E-state index is -0.0829. The van der Waals surface area contributed by atoms with Crippen molar-refractivity contribution in [3.05, 3.63) is 46.1 Å². The first-order chi connectivity index (χ1) is 13.1. The summed E-state index contributed by atoms with van der Waals surface area (Å²) < 4.78 is 0. The van der Waals surface area contributed by atoms with E-state index in [0.29, 0.717) is 5.56 Å². The summed E-state index contributed by atoms with van der Waals surface area (Å²) in [7, 11) is 0. The fourth-order valence-electron chi connectivity index (χ4n) is 3.72. The lowest BCUT2D eigenvalue weighted by atomic mass is 10.1. The van der Waals surface area contributed by atoms with Crippen LogP contribution in [-0.4, -0.2) is 29.0 Å². The second-order valence-corrected chi connectivity index (χ2v) is 8.36. The van der Waals surface area contributed by atoms with E-state index in [1.54, 1.807) is 17.7 Å². The molecule has 140 valence electrons. The number of benzene rings is 1. The van der Waals surface area contributed by atoms with E-state index in [1.165, 1.54) is 19.3 Å². The number of hydrogen-bond donors (Lipinski definition) is 1. The number of carbonyl (C=O) groups excluding carboxylic acids is 1. The maximum absolute atomic E-state index is 13.2. The number of rotatable bonds is 3. The summed E-state index contributed by atoms with van der Waals surface area (Å²) in [5.41, 5.74) is 3.82. The Hall–Kier alpha value is -2.47. The minimum Gasteiger partial charge on any atom is -0.356 e. The fraction of sp³-hybridized carbons (Fsp3) is 0.381. The Kier molecular flexibility index (Phi) is 4.83. The number of nitrogens with one attached hydrogen (secondary N) is 1. The van der Waals surface area contributed by atoms with Gasteiger partial charge < -0.3 is 10.2 Å². The third-order valence-electron chi connectivity index (χ3n) is 5.38. The molecule has 0 bridgehead atoms. The zero-order valence-corrected chi connectivity index (χ0v) is 16.8. The molecule has 6 heteroatoms. The van der Waals surface area contributed by atoms with Gasteiger partial charge in [-0.05, 0) is 57.2 Å². The van der Waals surface area contributed by atoms with Gasteiger partial charge in [-0.2, -0.15) is 0 Å². The number of piperidine rings is 1. The van der Waals surface area contributed by atoms with Crippen molar-refractivity contribution < 1.29 is 4.79 Å². The van der Waals surface area contributed by atoms with E-state index in [0.717, 1.165) is 50.8 Å². The minimum absolute atomic E-state index is 0.0829. The zero-order chi connectivity index (χ0) is 19.0. The molecule has 0 atom stereocenters. The second kappa shape index (κ2) is 7.27. The summed E-state index contributed by atoms with van der Waals surface area (Å²) in [6.07, 6.45) is 5.21. The standard InChI is InChI=1S/C21H24N4OS/c1-13-8-7-9-16(14(13)2)24-20(26)17-15(3)27-21-18(17)19(22-12-23-21)25-10-5-4-6-11-25/h7-9,12H,4-6,10-11H2,1-3H3,(H,24,26). The highest BCUT2D eigenvalue weighted by Crippen LogP contribution is 2.36. The molecule has 0 saturated carbocycles. The number of aromatic nitrogens is 2. The first kappa shape index (κ1) is 17.9. The molecule has 1 N–H and O–H groups in total. The van der Waals surface area contributed by atoms with Crippen molar-refractivity contribution in [1.29, 1.82) is 0 Å². The summed E-state index contributed by atoms with van der Waals surface area (Å²) >= 11 is 1.56. The Morgan fingerprint density at radius 1 is 1.11 bits per heavy atom. The van der Waals surface area contributed by atoms with Crippen LogP contribution in [0.25, 0.3) is 10.2 Å². The van der Waals surface area contributed by atoms with Gasteiger partial charge in [0.15, 0.2) is 0 Å². The molecule has 0 spiro atoms. The Bertz CT molecular complexity index is 1000. The van der Waals surface area contributed by atoms with Crippen LogP contribution < -0.4 is 10.2 Å². The van der Waals surface area contributed by atoms with Crippen LogP contribution in [0.15, 0.2) is 24.5 Å². The van der Waals surface area contributed by atoms with Crippen LogP contribution in [0.1, 0.15) is 45.6 Å². The average Bonchev–Trinajstić information content (AvgIpc) is 3.02. The maximum atomic E-state index is 13.2. The lowest BCUT2D eigenvalue weighted by Crippen LogP contribution is -2.30. The summed E-state index contributed by atoms with van der Waals surface area (Å²) in [6, 6.07) is 5.98. The second-order valence-electron chi connectivity index (χ2n) is 7.16. The van der Waals surface area contributed by atoms with Crippen molar-refractivity contribution in [2.24, 2.45) is 0 Å². The number of thiophene rings is 1. The maximum Gasteiger partial charge on any atom is 0.257 e. The van der Waals surface area contributed by atoms with Crippen LogP contribution in [0.3, 0.4) is 0 Å². The summed E-state index contributed by atoms with van der Waals surface area (Å²) in [6.45, 7) is 8.05. The van der Waals surface area contributed by atoms with Gasteiger partial charge in [-0.15, -0.1) is 11.3 Å². The van der Waals surface area contributed by atoms with Crippen molar-refractivity contribution in [3.63, 3.8) is 0 Å². The fourth-order valence-corrected chi connectivity index (χ4v) is 4.70. The van der Waals surface area contributed by atoms with E-state index in [9.17, 15) is 4.79 Å². The van der Waals surface area contributed by atoms with E-state index in [-0.39, 0.29) is 5.91 Å². The number of fused-ring (bicyclic) bond motifs is 1. The topological polar surface area (TPSA) is 58.1 Å². The molecule has 2 aromatic heterocycles. The molecular formula is C21H24N4OS. The van der Waals surface area contributed by atoms with Gasteiger partial charge >= 0.3 is 0 Å². The molecule has 0 radical (unpaired) electrons. The quantitative estimate of drug-likeness (QED) is 0.705. The molecule has 1 aliphatic rings. The highest BCUT2D eigenvalue weighted by Gasteiger charge is 2.24. The number of amides is 1. The van der Waals surface area contributed by atoms with E-state index in [4.69, 9.17) is 0 Å². The number of aryl methyl sites for hydroxylation is 2. The third-order valence-corrected chi connectivity index (χ3v) is 6.39. The van der Waals surface area contributed by atoms with E-state index >= 15 is 0 Å². The van der Waals surface area contributed by atoms with Gasteiger partial charge in [-0.1, -0.05) is 12.1 Å². The molecule has 1 aliphatic heterocycles. The molecule has 0 aliphatic carbocycles. The van der Waals surface area contributed by atoms with E-state index < -0.39 is 0 Å². The molecule has 27 heavy (non-hydrogen) atoms.